The van der Waals surface area contributed by atoms with E-state index in [0.717, 1.165) is 0 Å². The van der Waals surface area contributed by atoms with Gasteiger partial charge in [-0.05, 0) is 23.6 Å². The predicted octanol–water partition coefficient (Wildman–Crippen LogP) is 6.62. The minimum absolute atomic E-state index is 0.352. The highest BCUT2D eigenvalue weighted by Crippen LogP contribution is 2.46. The SMILES string of the molecule is FC(F)(F)c1cc(Cc2ccccc2)c(C(F)(F)F)c(Cl)c1Cl. The summed E-state index contributed by atoms with van der Waals surface area (Å²) in [5.41, 5.74) is -2.89. The Labute approximate surface area is 137 Å². The molecule has 0 atom stereocenters. The molecule has 0 heterocycles. The Morgan fingerprint density at radius 3 is 1.83 bits per heavy atom. The average molecular weight is 373 g/mol. The number of halogens is 8. The fourth-order valence-electron chi connectivity index (χ4n) is 2.15. The summed E-state index contributed by atoms with van der Waals surface area (Å²) >= 11 is 10.9. The van der Waals surface area contributed by atoms with E-state index in [1.807, 2.05) is 0 Å². The fourth-order valence-corrected chi connectivity index (χ4v) is 2.73. The smallest absolute Gasteiger partial charge is 0.166 e. The first-order valence-corrected chi connectivity index (χ1v) is 6.96. The molecule has 0 saturated carbocycles. The van der Waals surface area contributed by atoms with Crippen molar-refractivity contribution in [1.29, 1.82) is 0 Å². The summed E-state index contributed by atoms with van der Waals surface area (Å²) in [4.78, 5) is 0. The summed E-state index contributed by atoms with van der Waals surface area (Å²) in [6.45, 7) is 0. The second kappa shape index (κ2) is 6.24. The van der Waals surface area contributed by atoms with Gasteiger partial charge in [-0.2, -0.15) is 26.3 Å². The molecule has 0 aliphatic heterocycles. The van der Waals surface area contributed by atoms with Crippen molar-refractivity contribution in [2.24, 2.45) is 0 Å². The van der Waals surface area contributed by atoms with Crippen LogP contribution in [0.15, 0.2) is 36.4 Å². The summed E-state index contributed by atoms with van der Waals surface area (Å²) < 4.78 is 78.4. The zero-order valence-corrected chi connectivity index (χ0v) is 12.7. The summed E-state index contributed by atoms with van der Waals surface area (Å²) in [7, 11) is 0. The summed E-state index contributed by atoms with van der Waals surface area (Å²) in [5.74, 6) is 0. The van der Waals surface area contributed by atoms with Gasteiger partial charge in [-0.3, -0.25) is 0 Å². The molecule has 0 bridgehead atoms. The Bertz CT molecular complexity index is 705. The Morgan fingerprint density at radius 1 is 0.783 bits per heavy atom. The number of alkyl halides is 6. The lowest BCUT2D eigenvalue weighted by molar-refractivity contribution is -0.141. The van der Waals surface area contributed by atoms with Crippen molar-refractivity contribution in [3.63, 3.8) is 0 Å². The van der Waals surface area contributed by atoms with Crippen molar-refractivity contribution in [3.05, 3.63) is 68.7 Å². The molecule has 0 amide bonds. The van der Waals surface area contributed by atoms with Gasteiger partial charge in [0.2, 0.25) is 0 Å². The van der Waals surface area contributed by atoms with Crippen LogP contribution in [0, 0.1) is 0 Å². The Kier molecular flexibility index (Phi) is 4.87. The second-order valence-electron chi connectivity index (χ2n) is 4.74. The number of hydrogen-bond donors (Lipinski definition) is 0. The molecular formula is C15H8Cl2F6. The minimum atomic E-state index is -4.92. The lowest BCUT2D eigenvalue weighted by Gasteiger charge is -2.19. The Balaban J connectivity index is 2.69. The van der Waals surface area contributed by atoms with Crippen LogP contribution in [0.5, 0.6) is 0 Å². The van der Waals surface area contributed by atoms with Gasteiger partial charge in [0.1, 0.15) is 0 Å². The lowest BCUT2D eigenvalue weighted by atomic mass is 9.96. The average Bonchev–Trinajstić information content (AvgIpc) is 2.41. The summed E-state index contributed by atoms with van der Waals surface area (Å²) in [6, 6.07) is 8.22. The molecule has 0 aromatic heterocycles. The van der Waals surface area contributed by atoms with Crippen molar-refractivity contribution in [3.8, 4) is 0 Å². The van der Waals surface area contributed by atoms with E-state index in [-0.39, 0.29) is 6.42 Å². The zero-order chi connectivity index (χ0) is 17.4. The highest BCUT2D eigenvalue weighted by molar-refractivity contribution is 6.43. The molecule has 0 spiro atoms. The highest BCUT2D eigenvalue weighted by Gasteiger charge is 2.42. The van der Waals surface area contributed by atoms with Crippen molar-refractivity contribution in [2.45, 2.75) is 18.8 Å². The standard InChI is InChI=1S/C15H8Cl2F6/c16-12-10(14(18,19)20)7-9(6-8-4-2-1-3-5-8)11(13(12)17)15(21,22)23/h1-5,7H,6H2. The van der Waals surface area contributed by atoms with E-state index in [9.17, 15) is 26.3 Å². The van der Waals surface area contributed by atoms with Gasteiger partial charge in [0.15, 0.2) is 0 Å². The molecule has 124 valence electrons. The van der Waals surface area contributed by atoms with Gasteiger partial charge in [0.25, 0.3) is 0 Å². The first-order valence-electron chi connectivity index (χ1n) is 6.21. The second-order valence-corrected chi connectivity index (χ2v) is 5.50. The van der Waals surface area contributed by atoms with E-state index in [1.165, 1.54) is 12.1 Å². The van der Waals surface area contributed by atoms with E-state index in [0.29, 0.717) is 11.6 Å². The van der Waals surface area contributed by atoms with Crippen LogP contribution in [0.2, 0.25) is 10.0 Å². The molecule has 23 heavy (non-hydrogen) atoms. The zero-order valence-electron chi connectivity index (χ0n) is 11.2. The lowest BCUT2D eigenvalue weighted by Crippen LogP contribution is -2.15. The third kappa shape index (κ3) is 3.93. The molecule has 2 aromatic rings. The van der Waals surface area contributed by atoms with Crippen molar-refractivity contribution < 1.29 is 26.3 Å². The predicted molar refractivity (Wildman–Crippen MR) is 75.7 cm³/mol. The molecular weight excluding hydrogens is 365 g/mol. The van der Waals surface area contributed by atoms with E-state index >= 15 is 0 Å². The molecule has 0 unspecified atom stereocenters. The number of rotatable bonds is 2. The molecule has 0 N–H and O–H groups in total. The van der Waals surface area contributed by atoms with Crippen LogP contribution in [0.4, 0.5) is 26.3 Å². The van der Waals surface area contributed by atoms with Gasteiger partial charge in [-0.1, -0.05) is 53.5 Å². The van der Waals surface area contributed by atoms with Crippen LogP contribution in [-0.2, 0) is 18.8 Å². The molecule has 0 radical (unpaired) electrons. The Morgan fingerprint density at radius 2 is 1.35 bits per heavy atom. The van der Waals surface area contributed by atoms with Gasteiger partial charge < -0.3 is 0 Å². The van der Waals surface area contributed by atoms with E-state index < -0.39 is 39.1 Å². The maximum Gasteiger partial charge on any atom is 0.418 e. The van der Waals surface area contributed by atoms with E-state index in [2.05, 4.69) is 0 Å². The molecule has 0 aliphatic rings. The molecule has 0 nitrogen and oxygen atoms in total. The largest absolute Gasteiger partial charge is 0.418 e. The molecule has 2 rings (SSSR count). The van der Waals surface area contributed by atoms with Gasteiger partial charge in [-0.15, -0.1) is 0 Å². The quantitative estimate of drug-likeness (QED) is 0.519. The fraction of sp³-hybridized carbons (Fsp3) is 0.200. The highest BCUT2D eigenvalue weighted by atomic mass is 35.5. The maximum absolute atomic E-state index is 13.2. The summed E-state index contributed by atoms with van der Waals surface area (Å²) in [6.07, 6.45) is -10.2. The first kappa shape index (κ1) is 17.9. The van der Waals surface area contributed by atoms with E-state index in [1.54, 1.807) is 18.2 Å². The molecule has 0 fully saturated rings. The van der Waals surface area contributed by atoms with Gasteiger partial charge >= 0.3 is 12.4 Å². The van der Waals surface area contributed by atoms with Crippen molar-refractivity contribution in [2.75, 3.05) is 0 Å². The maximum atomic E-state index is 13.2. The van der Waals surface area contributed by atoms with E-state index in [4.69, 9.17) is 23.2 Å². The first-order chi connectivity index (χ1) is 10.5. The topological polar surface area (TPSA) is 0 Å². The van der Waals surface area contributed by atoms with Crippen LogP contribution in [0.25, 0.3) is 0 Å². The minimum Gasteiger partial charge on any atom is -0.166 e. The molecule has 8 heteroatoms. The van der Waals surface area contributed by atoms with Gasteiger partial charge in [0, 0.05) is 0 Å². The van der Waals surface area contributed by atoms with Crippen molar-refractivity contribution in [1.82, 2.24) is 0 Å². The third-order valence-corrected chi connectivity index (χ3v) is 3.98. The van der Waals surface area contributed by atoms with Gasteiger partial charge in [-0.25, -0.2) is 0 Å². The Hall–Kier alpha value is -1.40. The van der Waals surface area contributed by atoms with Crippen LogP contribution in [0.3, 0.4) is 0 Å². The van der Waals surface area contributed by atoms with Crippen LogP contribution in [-0.4, -0.2) is 0 Å². The number of hydrogen-bond acceptors (Lipinski definition) is 0. The van der Waals surface area contributed by atoms with Gasteiger partial charge in [0.05, 0.1) is 21.2 Å². The van der Waals surface area contributed by atoms with Crippen LogP contribution >= 0.6 is 23.2 Å². The monoisotopic (exact) mass is 372 g/mol. The van der Waals surface area contributed by atoms with Crippen LogP contribution < -0.4 is 0 Å². The number of benzene rings is 2. The molecule has 0 aliphatic carbocycles. The third-order valence-electron chi connectivity index (χ3n) is 3.11. The molecule has 2 aromatic carbocycles. The normalized spacial score (nSPS) is 12.5. The van der Waals surface area contributed by atoms with Crippen LogP contribution in [0.1, 0.15) is 22.3 Å². The molecule has 0 saturated heterocycles. The van der Waals surface area contributed by atoms with Crippen molar-refractivity contribution >= 4 is 23.2 Å². The summed E-state index contributed by atoms with van der Waals surface area (Å²) in [5, 5.41) is -2.29.